The molecule has 1 saturated heterocycles. The van der Waals surface area contributed by atoms with Crippen molar-refractivity contribution in [3.05, 3.63) is 29.6 Å². The quantitative estimate of drug-likeness (QED) is 0.830. The monoisotopic (exact) mass is 290 g/mol. The Balaban J connectivity index is 1.89. The number of carbonyl (C=O) groups is 1. The van der Waals surface area contributed by atoms with Gasteiger partial charge < -0.3 is 4.90 Å². The number of nitrogens with zero attached hydrogens (tertiary/aromatic N) is 4. The second-order valence-corrected chi connectivity index (χ2v) is 5.66. The van der Waals surface area contributed by atoms with E-state index in [0.29, 0.717) is 11.3 Å². The second-order valence-electron chi connectivity index (χ2n) is 4.67. The summed E-state index contributed by atoms with van der Waals surface area (Å²) in [5.74, 6) is 1.14. The Labute approximate surface area is 123 Å². The minimum absolute atomic E-state index is 0.00602. The van der Waals surface area contributed by atoms with Gasteiger partial charge in [-0.1, -0.05) is 0 Å². The van der Waals surface area contributed by atoms with Gasteiger partial charge in [-0.15, -0.1) is 0 Å². The zero-order valence-electron chi connectivity index (χ0n) is 11.6. The largest absolute Gasteiger partial charge is 0.336 e. The summed E-state index contributed by atoms with van der Waals surface area (Å²) in [5.41, 5.74) is 0.894. The first kappa shape index (κ1) is 14.8. The summed E-state index contributed by atoms with van der Waals surface area (Å²) in [5, 5.41) is 8.70. The lowest BCUT2D eigenvalue weighted by Crippen LogP contribution is -2.49. The molecule has 20 heavy (non-hydrogen) atoms. The second kappa shape index (κ2) is 7.27. The van der Waals surface area contributed by atoms with E-state index in [4.69, 9.17) is 5.26 Å². The number of thioether (sulfide) groups is 1. The van der Waals surface area contributed by atoms with Gasteiger partial charge in [0.05, 0.1) is 5.56 Å². The van der Waals surface area contributed by atoms with E-state index in [1.807, 2.05) is 22.7 Å². The zero-order chi connectivity index (χ0) is 14.4. The van der Waals surface area contributed by atoms with Crippen LogP contribution >= 0.6 is 11.8 Å². The van der Waals surface area contributed by atoms with Crippen molar-refractivity contribution in [1.29, 1.82) is 5.26 Å². The topological polar surface area (TPSA) is 60.2 Å². The van der Waals surface area contributed by atoms with Gasteiger partial charge in [-0.3, -0.25) is 9.69 Å². The molecule has 0 saturated carbocycles. The molecule has 1 amide bonds. The molecule has 1 aliphatic heterocycles. The highest BCUT2D eigenvalue weighted by Gasteiger charge is 2.21. The summed E-state index contributed by atoms with van der Waals surface area (Å²) in [7, 11) is 0. The van der Waals surface area contributed by atoms with Crippen LogP contribution in [0, 0.1) is 11.3 Å². The molecule has 0 atom stereocenters. The maximum absolute atomic E-state index is 12.3. The number of piperazine rings is 1. The number of hydrogen-bond donors (Lipinski definition) is 0. The van der Waals surface area contributed by atoms with Crippen LogP contribution in [0.3, 0.4) is 0 Å². The van der Waals surface area contributed by atoms with Crippen LogP contribution in [0.25, 0.3) is 0 Å². The summed E-state index contributed by atoms with van der Waals surface area (Å²) in [6.07, 6.45) is 3.60. The lowest BCUT2D eigenvalue weighted by atomic mass is 10.2. The Hall–Kier alpha value is -1.58. The van der Waals surface area contributed by atoms with Gasteiger partial charge in [-0.25, -0.2) is 4.98 Å². The number of carbonyl (C=O) groups excluding carboxylic acids is 1. The van der Waals surface area contributed by atoms with Crippen LogP contribution in [-0.4, -0.2) is 65.4 Å². The van der Waals surface area contributed by atoms with Gasteiger partial charge in [0.2, 0.25) is 0 Å². The molecule has 2 rings (SSSR count). The number of rotatable bonds is 4. The van der Waals surface area contributed by atoms with Gasteiger partial charge in [0.25, 0.3) is 5.91 Å². The summed E-state index contributed by atoms with van der Waals surface area (Å²) in [4.78, 5) is 20.5. The molecule has 1 aromatic heterocycles. The minimum Gasteiger partial charge on any atom is -0.336 e. The molecule has 1 aliphatic rings. The molecule has 0 aromatic carbocycles. The number of aromatic nitrogens is 1. The molecular formula is C14H18N4OS. The van der Waals surface area contributed by atoms with Crippen LogP contribution in [0.1, 0.15) is 16.1 Å². The molecule has 0 unspecified atom stereocenters. The highest BCUT2D eigenvalue weighted by Crippen LogP contribution is 2.09. The third-order valence-corrected chi connectivity index (χ3v) is 3.99. The molecule has 0 spiro atoms. The maximum Gasteiger partial charge on any atom is 0.255 e. The van der Waals surface area contributed by atoms with Crippen molar-refractivity contribution in [2.45, 2.75) is 0 Å². The van der Waals surface area contributed by atoms with E-state index in [-0.39, 0.29) is 5.91 Å². The summed E-state index contributed by atoms with van der Waals surface area (Å²) in [6, 6.07) is 5.21. The highest BCUT2D eigenvalue weighted by molar-refractivity contribution is 7.98. The number of pyridine rings is 1. The fourth-order valence-electron chi connectivity index (χ4n) is 2.16. The van der Waals surface area contributed by atoms with E-state index >= 15 is 0 Å². The van der Waals surface area contributed by atoms with Gasteiger partial charge in [-0.2, -0.15) is 17.0 Å². The highest BCUT2D eigenvalue weighted by atomic mass is 32.2. The van der Waals surface area contributed by atoms with E-state index in [2.05, 4.69) is 16.1 Å². The number of amides is 1. The van der Waals surface area contributed by atoms with E-state index in [1.165, 1.54) is 6.20 Å². The standard InChI is InChI=1S/C14H18N4OS/c1-20-9-8-17-4-6-18(7-5-17)14(19)12-2-3-13(10-15)16-11-12/h2-3,11H,4-9H2,1H3. The number of hydrogen-bond acceptors (Lipinski definition) is 5. The zero-order valence-corrected chi connectivity index (χ0v) is 12.4. The SMILES string of the molecule is CSCCN1CCN(C(=O)c2ccc(C#N)nc2)CC1. The van der Waals surface area contributed by atoms with Crippen molar-refractivity contribution < 1.29 is 4.79 Å². The average molecular weight is 290 g/mol. The van der Waals surface area contributed by atoms with Crippen molar-refractivity contribution in [1.82, 2.24) is 14.8 Å². The van der Waals surface area contributed by atoms with Crippen molar-refractivity contribution in [3.63, 3.8) is 0 Å². The predicted molar refractivity (Wildman–Crippen MR) is 79.7 cm³/mol. The Morgan fingerprint density at radius 3 is 2.70 bits per heavy atom. The van der Waals surface area contributed by atoms with Crippen molar-refractivity contribution in [2.24, 2.45) is 0 Å². The fraction of sp³-hybridized carbons (Fsp3) is 0.500. The van der Waals surface area contributed by atoms with Gasteiger partial charge in [0.15, 0.2) is 0 Å². The van der Waals surface area contributed by atoms with Crippen LogP contribution < -0.4 is 0 Å². The molecule has 2 heterocycles. The van der Waals surface area contributed by atoms with Crippen molar-refractivity contribution in [3.8, 4) is 6.07 Å². The molecule has 106 valence electrons. The Morgan fingerprint density at radius 1 is 1.40 bits per heavy atom. The van der Waals surface area contributed by atoms with E-state index < -0.39 is 0 Å². The maximum atomic E-state index is 12.3. The first-order valence-corrected chi connectivity index (χ1v) is 8.00. The molecule has 5 nitrogen and oxygen atoms in total. The molecule has 0 N–H and O–H groups in total. The normalized spacial score (nSPS) is 15.9. The molecule has 1 aromatic rings. The Kier molecular flexibility index (Phi) is 5.39. The molecule has 1 fully saturated rings. The van der Waals surface area contributed by atoms with E-state index in [9.17, 15) is 4.79 Å². The number of nitriles is 1. The molecule has 0 aliphatic carbocycles. The molecular weight excluding hydrogens is 272 g/mol. The lowest BCUT2D eigenvalue weighted by molar-refractivity contribution is 0.0644. The van der Waals surface area contributed by atoms with Crippen LogP contribution in [0.5, 0.6) is 0 Å². The Morgan fingerprint density at radius 2 is 2.15 bits per heavy atom. The van der Waals surface area contributed by atoms with Gasteiger partial charge >= 0.3 is 0 Å². The third kappa shape index (κ3) is 3.71. The van der Waals surface area contributed by atoms with Crippen LogP contribution in [-0.2, 0) is 0 Å². The lowest BCUT2D eigenvalue weighted by Gasteiger charge is -2.34. The van der Waals surface area contributed by atoms with E-state index in [1.54, 1.807) is 12.1 Å². The summed E-state index contributed by atoms with van der Waals surface area (Å²) in [6.45, 7) is 4.45. The predicted octanol–water partition coefficient (Wildman–Crippen LogP) is 1.07. The minimum atomic E-state index is 0.00602. The molecule has 0 radical (unpaired) electrons. The smallest absolute Gasteiger partial charge is 0.255 e. The Bertz CT molecular complexity index is 489. The molecule has 6 heteroatoms. The van der Waals surface area contributed by atoms with Gasteiger partial charge in [0, 0.05) is 44.7 Å². The molecule has 0 bridgehead atoms. The van der Waals surface area contributed by atoms with Crippen LogP contribution in [0.4, 0.5) is 0 Å². The summed E-state index contributed by atoms with van der Waals surface area (Å²) >= 11 is 1.85. The van der Waals surface area contributed by atoms with Gasteiger partial charge in [0.1, 0.15) is 11.8 Å². The van der Waals surface area contributed by atoms with Gasteiger partial charge in [-0.05, 0) is 18.4 Å². The van der Waals surface area contributed by atoms with E-state index in [0.717, 1.165) is 38.5 Å². The fourth-order valence-corrected chi connectivity index (χ4v) is 2.60. The third-order valence-electron chi connectivity index (χ3n) is 3.40. The summed E-state index contributed by atoms with van der Waals surface area (Å²) < 4.78 is 0. The van der Waals surface area contributed by atoms with Crippen LogP contribution in [0.15, 0.2) is 18.3 Å². The van der Waals surface area contributed by atoms with Crippen LogP contribution in [0.2, 0.25) is 0 Å². The van der Waals surface area contributed by atoms with Crippen molar-refractivity contribution >= 4 is 17.7 Å². The first-order valence-electron chi connectivity index (χ1n) is 6.61. The van der Waals surface area contributed by atoms with Crippen molar-refractivity contribution in [2.75, 3.05) is 44.7 Å². The first-order chi connectivity index (χ1) is 9.74. The average Bonchev–Trinajstić information content (AvgIpc) is 2.53.